The van der Waals surface area contributed by atoms with Crippen molar-refractivity contribution in [2.45, 2.75) is 46.5 Å². The van der Waals surface area contributed by atoms with Crippen molar-refractivity contribution in [3.8, 4) is 5.75 Å². The first kappa shape index (κ1) is 18.3. The zero-order valence-corrected chi connectivity index (χ0v) is 15.0. The van der Waals surface area contributed by atoms with Crippen molar-refractivity contribution in [1.82, 2.24) is 0 Å². The van der Waals surface area contributed by atoms with E-state index in [0.29, 0.717) is 5.75 Å². The highest BCUT2D eigenvalue weighted by atomic mass is 35.7. The van der Waals surface area contributed by atoms with E-state index in [-0.39, 0.29) is 23.2 Å². The highest BCUT2D eigenvalue weighted by Gasteiger charge is 2.27. The van der Waals surface area contributed by atoms with Gasteiger partial charge in [-0.1, -0.05) is 46.8 Å². The van der Waals surface area contributed by atoms with Gasteiger partial charge in [-0.2, -0.15) is 0 Å². The third kappa shape index (κ3) is 7.18. The molecule has 0 unspecified atom stereocenters. The lowest BCUT2D eigenvalue weighted by molar-refractivity contribution is 0.283. The second kappa shape index (κ2) is 6.57. The van der Waals surface area contributed by atoms with Crippen LogP contribution in [0.1, 0.15) is 46.6 Å². The Kier molecular flexibility index (Phi) is 5.73. The maximum Gasteiger partial charge on any atom is 0.235 e. The molecule has 0 aliphatic carbocycles. The zero-order chi connectivity index (χ0) is 16.3. The molecule has 0 radical (unpaired) electrons. The van der Waals surface area contributed by atoms with E-state index in [0.717, 1.165) is 6.42 Å². The number of halogens is 1. The van der Waals surface area contributed by atoms with E-state index in [1.54, 1.807) is 0 Å². The van der Waals surface area contributed by atoms with Crippen LogP contribution in [0.15, 0.2) is 24.3 Å². The lowest BCUT2D eigenvalue weighted by Gasteiger charge is -2.33. The molecule has 1 rings (SSSR count). The molecular formula is C16H25ClO3S. The molecule has 3 nitrogen and oxygen atoms in total. The Balaban J connectivity index is 2.69. The molecule has 0 amide bonds. The summed E-state index contributed by atoms with van der Waals surface area (Å²) in [5.41, 5.74) is 1.58. The van der Waals surface area contributed by atoms with Gasteiger partial charge in [0.2, 0.25) is 9.05 Å². The summed E-state index contributed by atoms with van der Waals surface area (Å²) in [6.45, 7) is 11.2. The first-order valence-electron chi connectivity index (χ1n) is 7.05. The van der Waals surface area contributed by atoms with Crippen LogP contribution >= 0.6 is 10.7 Å². The Morgan fingerprint density at radius 2 is 1.57 bits per heavy atom. The van der Waals surface area contributed by atoms with Crippen molar-refractivity contribution in [3.05, 3.63) is 29.8 Å². The van der Waals surface area contributed by atoms with E-state index < -0.39 is 9.05 Å². The molecule has 0 N–H and O–H groups in total. The van der Waals surface area contributed by atoms with E-state index in [1.807, 2.05) is 24.3 Å². The Labute approximate surface area is 133 Å². The number of hydrogen-bond acceptors (Lipinski definition) is 3. The molecule has 0 atom stereocenters. The Morgan fingerprint density at radius 3 is 2.00 bits per heavy atom. The van der Waals surface area contributed by atoms with Crippen molar-refractivity contribution in [2.24, 2.45) is 5.41 Å². The quantitative estimate of drug-likeness (QED) is 0.727. The molecule has 0 saturated heterocycles. The predicted octanol–water partition coefficient (Wildman–Crippen LogP) is 4.35. The fourth-order valence-electron chi connectivity index (χ4n) is 2.69. The maximum absolute atomic E-state index is 10.8. The summed E-state index contributed by atoms with van der Waals surface area (Å²) >= 11 is 0. The highest BCUT2D eigenvalue weighted by Crippen LogP contribution is 2.36. The smallest absolute Gasteiger partial charge is 0.235 e. The van der Waals surface area contributed by atoms with E-state index in [1.165, 1.54) is 5.56 Å². The molecule has 1 aromatic rings. The number of benzene rings is 1. The molecule has 120 valence electrons. The van der Waals surface area contributed by atoms with Crippen LogP contribution in [0.2, 0.25) is 0 Å². The SMILES string of the molecule is CC(C)(C)CC(C)(C)c1ccc(OCCS(=O)(=O)Cl)cc1. The van der Waals surface area contributed by atoms with Gasteiger partial charge in [-0.25, -0.2) is 8.42 Å². The fraction of sp³-hybridized carbons (Fsp3) is 0.625. The minimum Gasteiger partial charge on any atom is -0.492 e. The van der Waals surface area contributed by atoms with Crippen molar-refractivity contribution in [2.75, 3.05) is 12.4 Å². The lowest BCUT2D eigenvalue weighted by atomic mass is 9.72. The van der Waals surface area contributed by atoms with Gasteiger partial charge in [0.15, 0.2) is 0 Å². The summed E-state index contributed by atoms with van der Waals surface area (Å²) in [5, 5.41) is 0. The van der Waals surface area contributed by atoms with Crippen LogP contribution in [0.4, 0.5) is 0 Å². The van der Waals surface area contributed by atoms with Crippen molar-refractivity contribution < 1.29 is 13.2 Å². The van der Waals surface area contributed by atoms with E-state index in [4.69, 9.17) is 15.4 Å². The molecule has 0 aliphatic heterocycles. The van der Waals surface area contributed by atoms with Crippen LogP contribution in [0.3, 0.4) is 0 Å². The predicted molar refractivity (Wildman–Crippen MR) is 88.7 cm³/mol. The molecule has 5 heteroatoms. The first-order valence-corrected chi connectivity index (χ1v) is 9.53. The van der Waals surface area contributed by atoms with Crippen LogP contribution in [0.25, 0.3) is 0 Å². The molecule has 0 spiro atoms. The summed E-state index contributed by atoms with van der Waals surface area (Å²) in [5.74, 6) is 0.469. The topological polar surface area (TPSA) is 43.4 Å². The second-order valence-electron chi connectivity index (χ2n) is 7.24. The van der Waals surface area contributed by atoms with Gasteiger partial charge in [-0.3, -0.25) is 0 Å². The average molecular weight is 333 g/mol. The number of ether oxygens (including phenoxy) is 1. The molecule has 0 saturated carbocycles. The summed E-state index contributed by atoms with van der Waals surface area (Å²) in [6, 6.07) is 7.83. The number of hydrogen-bond donors (Lipinski definition) is 0. The first-order chi connectivity index (χ1) is 9.39. The van der Waals surface area contributed by atoms with Crippen LogP contribution in [-0.4, -0.2) is 20.8 Å². The summed E-state index contributed by atoms with van der Waals surface area (Å²) in [4.78, 5) is 0. The third-order valence-electron chi connectivity index (χ3n) is 3.20. The Bertz CT molecular complexity index is 554. The summed E-state index contributed by atoms with van der Waals surface area (Å²) in [7, 11) is 1.64. The molecule has 0 aromatic heterocycles. The highest BCUT2D eigenvalue weighted by molar-refractivity contribution is 8.13. The van der Waals surface area contributed by atoms with Gasteiger partial charge in [0.25, 0.3) is 0 Å². The van der Waals surface area contributed by atoms with Crippen LogP contribution in [-0.2, 0) is 14.5 Å². The van der Waals surface area contributed by atoms with Crippen LogP contribution < -0.4 is 4.74 Å². The van der Waals surface area contributed by atoms with Crippen molar-refractivity contribution >= 4 is 19.7 Å². The monoisotopic (exact) mass is 332 g/mol. The Hall–Kier alpha value is -0.740. The molecular weight excluding hydrogens is 308 g/mol. The molecule has 21 heavy (non-hydrogen) atoms. The molecule has 1 aromatic carbocycles. The number of rotatable bonds is 6. The van der Waals surface area contributed by atoms with Crippen LogP contribution in [0, 0.1) is 5.41 Å². The van der Waals surface area contributed by atoms with Gasteiger partial charge in [-0.15, -0.1) is 0 Å². The molecule has 0 fully saturated rings. The van der Waals surface area contributed by atoms with E-state index in [9.17, 15) is 8.42 Å². The fourth-order valence-corrected chi connectivity index (χ4v) is 3.16. The second-order valence-corrected chi connectivity index (χ2v) is 10.1. The third-order valence-corrected chi connectivity index (χ3v) is 4.32. The Morgan fingerprint density at radius 1 is 1.05 bits per heavy atom. The van der Waals surface area contributed by atoms with E-state index in [2.05, 4.69) is 34.6 Å². The standard InChI is InChI=1S/C16H25ClO3S/c1-15(2,3)12-16(4,5)13-6-8-14(9-7-13)20-10-11-21(17,18)19/h6-9H,10-12H2,1-5H3. The van der Waals surface area contributed by atoms with Gasteiger partial charge in [0.05, 0.1) is 5.75 Å². The van der Waals surface area contributed by atoms with Crippen LogP contribution in [0.5, 0.6) is 5.75 Å². The van der Waals surface area contributed by atoms with Gasteiger partial charge >= 0.3 is 0 Å². The van der Waals surface area contributed by atoms with Gasteiger partial charge in [0.1, 0.15) is 12.4 Å². The minimum absolute atomic E-state index is 0.0660. The normalized spacial score (nSPS) is 13.2. The van der Waals surface area contributed by atoms with E-state index >= 15 is 0 Å². The van der Waals surface area contributed by atoms with Crippen molar-refractivity contribution in [3.63, 3.8) is 0 Å². The van der Waals surface area contributed by atoms with Crippen molar-refractivity contribution in [1.29, 1.82) is 0 Å². The summed E-state index contributed by atoms with van der Waals surface area (Å²) in [6.07, 6.45) is 1.07. The van der Waals surface area contributed by atoms with Gasteiger partial charge in [-0.05, 0) is 34.9 Å². The zero-order valence-electron chi connectivity index (χ0n) is 13.4. The molecule has 0 heterocycles. The average Bonchev–Trinajstić information content (AvgIpc) is 2.24. The maximum atomic E-state index is 10.8. The lowest BCUT2D eigenvalue weighted by Crippen LogP contribution is -2.24. The summed E-state index contributed by atoms with van der Waals surface area (Å²) < 4.78 is 27.0. The molecule has 0 bridgehead atoms. The minimum atomic E-state index is -3.50. The molecule has 0 aliphatic rings. The largest absolute Gasteiger partial charge is 0.492 e. The van der Waals surface area contributed by atoms with Gasteiger partial charge < -0.3 is 4.74 Å². The van der Waals surface area contributed by atoms with Gasteiger partial charge in [0, 0.05) is 10.7 Å².